The Balaban J connectivity index is 0.00000484. The summed E-state index contributed by atoms with van der Waals surface area (Å²) in [7, 11) is -4.29. The van der Waals surface area contributed by atoms with Crippen molar-refractivity contribution in [2.45, 2.75) is 88.7 Å². The Kier molecular flexibility index (Phi) is 12.9. The van der Waals surface area contributed by atoms with Crippen molar-refractivity contribution in [3.05, 3.63) is 24.3 Å². The van der Waals surface area contributed by atoms with Crippen LogP contribution in [0, 0.1) is 0 Å². The van der Waals surface area contributed by atoms with Crippen LogP contribution in [0.2, 0.25) is 0 Å². The predicted octanol–water partition coefficient (Wildman–Crippen LogP) is 2.10. The van der Waals surface area contributed by atoms with Gasteiger partial charge in [0.25, 0.3) is 0 Å². The molecule has 3 nitrogen and oxygen atoms in total. The van der Waals surface area contributed by atoms with Gasteiger partial charge in [-0.2, -0.15) is 0 Å². The molecule has 0 heterocycles. The summed E-state index contributed by atoms with van der Waals surface area (Å²) < 4.78 is 33.5. The maximum Gasteiger partial charge on any atom is 1.00 e. The van der Waals surface area contributed by atoms with Crippen LogP contribution in [-0.4, -0.2) is 17.7 Å². The molecule has 0 aromatic rings. The van der Waals surface area contributed by atoms with Gasteiger partial charge in [0.1, 0.15) is 10.1 Å². The molecule has 1 rings (SSSR count). The van der Waals surface area contributed by atoms with E-state index in [4.69, 9.17) is 0 Å². The maximum absolute atomic E-state index is 11.6. The second-order valence-electron chi connectivity index (χ2n) is 6.44. The summed E-state index contributed by atoms with van der Waals surface area (Å²) in [5.41, 5.74) is 0. The van der Waals surface area contributed by atoms with Gasteiger partial charge >= 0.3 is 29.6 Å². The Morgan fingerprint density at radius 2 is 1.43 bits per heavy atom. The van der Waals surface area contributed by atoms with Gasteiger partial charge in [-0.15, -0.1) is 0 Å². The average molecular weight is 351 g/mol. The minimum atomic E-state index is -4.29. The molecule has 0 aromatic carbocycles. The van der Waals surface area contributed by atoms with Crippen molar-refractivity contribution in [2.24, 2.45) is 0 Å². The van der Waals surface area contributed by atoms with Gasteiger partial charge < -0.3 is 4.55 Å². The molecule has 1 aliphatic carbocycles. The molecule has 0 saturated heterocycles. The molecule has 5 heteroatoms. The molecule has 23 heavy (non-hydrogen) atoms. The largest absolute Gasteiger partial charge is 1.00 e. The van der Waals surface area contributed by atoms with Crippen molar-refractivity contribution >= 4 is 10.1 Å². The first-order chi connectivity index (χ1) is 10.5. The zero-order chi connectivity index (χ0) is 16.3. The van der Waals surface area contributed by atoms with E-state index in [9.17, 15) is 13.0 Å². The van der Waals surface area contributed by atoms with Crippen molar-refractivity contribution in [3.63, 3.8) is 0 Å². The molecule has 0 amide bonds. The predicted molar refractivity (Wildman–Crippen MR) is 91.8 cm³/mol. The third-order valence-electron chi connectivity index (χ3n) is 4.56. The monoisotopic (exact) mass is 350 g/mol. The van der Waals surface area contributed by atoms with E-state index in [0.717, 1.165) is 19.3 Å². The van der Waals surface area contributed by atoms with E-state index in [2.05, 4.69) is 6.92 Å². The first-order valence-electron chi connectivity index (χ1n) is 8.82. The SMILES string of the molecule is CCCCCCCCCCCCC1(S(=O)(=O)[O-])C=CC=CC1.[Na+]. The minimum absolute atomic E-state index is 0. The van der Waals surface area contributed by atoms with Crippen LogP contribution in [0.25, 0.3) is 0 Å². The Labute approximate surface area is 165 Å². The molecule has 1 aliphatic rings. The van der Waals surface area contributed by atoms with E-state index in [0.29, 0.717) is 12.8 Å². The maximum atomic E-state index is 11.6. The van der Waals surface area contributed by atoms with E-state index < -0.39 is 14.9 Å². The summed E-state index contributed by atoms with van der Waals surface area (Å²) in [4.78, 5) is 0. The Morgan fingerprint density at radius 1 is 0.913 bits per heavy atom. The van der Waals surface area contributed by atoms with Gasteiger partial charge in [0, 0.05) is 0 Å². The second-order valence-corrected chi connectivity index (χ2v) is 8.16. The van der Waals surface area contributed by atoms with Crippen molar-refractivity contribution in [1.82, 2.24) is 0 Å². The van der Waals surface area contributed by atoms with Crippen molar-refractivity contribution in [2.75, 3.05) is 0 Å². The molecule has 0 N–H and O–H groups in total. The molecule has 0 spiro atoms. The Hall–Kier alpha value is 0.390. The van der Waals surface area contributed by atoms with Crippen LogP contribution in [-0.2, 0) is 10.1 Å². The average Bonchev–Trinajstić information content (AvgIpc) is 2.49. The van der Waals surface area contributed by atoms with Crippen LogP contribution in [0.15, 0.2) is 24.3 Å². The van der Waals surface area contributed by atoms with Crippen molar-refractivity contribution in [3.8, 4) is 0 Å². The van der Waals surface area contributed by atoms with Gasteiger partial charge in [-0.25, -0.2) is 8.42 Å². The smallest absolute Gasteiger partial charge is 0.747 e. The zero-order valence-corrected chi connectivity index (χ0v) is 17.7. The van der Waals surface area contributed by atoms with Gasteiger partial charge in [-0.1, -0.05) is 95.4 Å². The molecule has 0 aliphatic heterocycles. The van der Waals surface area contributed by atoms with Crippen molar-refractivity contribution in [1.29, 1.82) is 0 Å². The van der Waals surface area contributed by atoms with E-state index in [1.54, 1.807) is 18.2 Å². The van der Waals surface area contributed by atoms with Gasteiger partial charge in [0.2, 0.25) is 0 Å². The number of unbranched alkanes of at least 4 members (excludes halogenated alkanes) is 9. The quantitative estimate of drug-likeness (QED) is 0.308. The van der Waals surface area contributed by atoms with Gasteiger partial charge in [-0.05, 0) is 12.8 Å². The van der Waals surface area contributed by atoms with E-state index in [-0.39, 0.29) is 29.6 Å². The molecule has 0 fully saturated rings. The van der Waals surface area contributed by atoms with Crippen LogP contribution < -0.4 is 29.6 Å². The molecule has 1 unspecified atom stereocenters. The summed E-state index contributed by atoms with van der Waals surface area (Å²) in [6, 6.07) is 0. The molecule has 0 aromatic heterocycles. The van der Waals surface area contributed by atoms with E-state index in [1.165, 1.54) is 44.9 Å². The summed E-state index contributed by atoms with van der Waals surface area (Å²) in [5.74, 6) is 0. The second kappa shape index (κ2) is 12.7. The number of hydrogen-bond acceptors (Lipinski definition) is 3. The third-order valence-corrected chi connectivity index (χ3v) is 6.06. The molecular weight excluding hydrogens is 319 g/mol. The summed E-state index contributed by atoms with van der Waals surface area (Å²) in [6.07, 6.45) is 19.7. The fraction of sp³-hybridized carbons (Fsp3) is 0.778. The molecule has 0 bridgehead atoms. The Morgan fingerprint density at radius 3 is 1.87 bits per heavy atom. The van der Waals surface area contributed by atoms with Crippen LogP contribution >= 0.6 is 0 Å². The zero-order valence-electron chi connectivity index (χ0n) is 14.9. The van der Waals surface area contributed by atoms with Gasteiger partial charge in [0.05, 0.1) is 4.75 Å². The van der Waals surface area contributed by atoms with Crippen LogP contribution in [0.5, 0.6) is 0 Å². The number of rotatable bonds is 12. The molecule has 0 radical (unpaired) electrons. The Bertz CT molecular complexity index is 457. The first-order valence-corrected chi connectivity index (χ1v) is 10.2. The van der Waals surface area contributed by atoms with E-state index in [1.807, 2.05) is 6.08 Å². The molecular formula is C18H31NaO3S. The topological polar surface area (TPSA) is 57.2 Å². The minimum Gasteiger partial charge on any atom is -0.747 e. The molecule has 0 saturated carbocycles. The van der Waals surface area contributed by atoms with Gasteiger partial charge in [0.15, 0.2) is 0 Å². The van der Waals surface area contributed by atoms with E-state index >= 15 is 0 Å². The van der Waals surface area contributed by atoms with Crippen LogP contribution in [0.1, 0.15) is 84.0 Å². The fourth-order valence-corrected chi connectivity index (χ4v) is 3.99. The standard InChI is InChI=1S/C18H32O3S.Na/c1-2-3-4-5-6-7-8-9-10-12-15-18(22(19,20)21)16-13-11-14-17-18;/h11,13-14,16H,2-10,12,15,17H2,1H3,(H,19,20,21);/q;+1/p-1. The molecule has 1 atom stereocenters. The third kappa shape index (κ3) is 8.87. The van der Waals surface area contributed by atoms with Crippen LogP contribution in [0.3, 0.4) is 0 Å². The van der Waals surface area contributed by atoms with Gasteiger partial charge in [-0.3, -0.25) is 0 Å². The van der Waals surface area contributed by atoms with Crippen molar-refractivity contribution < 1.29 is 42.5 Å². The summed E-state index contributed by atoms with van der Waals surface area (Å²) >= 11 is 0. The number of hydrogen-bond donors (Lipinski definition) is 0. The number of allylic oxidation sites excluding steroid dienone is 3. The molecule has 128 valence electrons. The fourth-order valence-electron chi connectivity index (χ4n) is 3.05. The first kappa shape index (κ1) is 23.4. The summed E-state index contributed by atoms with van der Waals surface area (Å²) in [6.45, 7) is 2.23. The summed E-state index contributed by atoms with van der Waals surface area (Å²) in [5, 5.41) is 0. The normalized spacial score (nSPS) is 20.4. The van der Waals surface area contributed by atoms with Crippen LogP contribution in [0.4, 0.5) is 0 Å².